The molecule has 0 unspecified atom stereocenters. The van der Waals surface area contributed by atoms with E-state index < -0.39 is 5.60 Å². The number of nitriles is 1. The minimum Gasteiger partial charge on any atom is -0.489 e. The van der Waals surface area contributed by atoms with Crippen LogP contribution >= 0.6 is 0 Å². The van der Waals surface area contributed by atoms with Crippen molar-refractivity contribution in [2.24, 2.45) is 0 Å². The molecule has 2 aromatic rings. The average molecular weight is 408 g/mol. The van der Waals surface area contributed by atoms with Crippen molar-refractivity contribution >= 4 is 6.09 Å². The van der Waals surface area contributed by atoms with Crippen LogP contribution in [0.5, 0.6) is 11.5 Å². The normalized spacial score (nSPS) is 14.7. The summed E-state index contributed by atoms with van der Waals surface area (Å²) in [6.45, 7) is 7.14. The minimum atomic E-state index is -0.508. The highest BCUT2D eigenvalue weighted by molar-refractivity contribution is 5.68. The topological polar surface area (TPSA) is 71.8 Å². The first-order chi connectivity index (χ1) is 14.3. The third kappa shape index (κ3) is 6.15. The number of carbonyl (C=O) groups is 1. The molecule has 0 radical (unpaired) electrons. The van der Waals surface area contributed by atoms with Gasteiger partial charge in [0.25, 0.3) is 0 Å². The van der Waals surface area contributed by atoms with Crippen LogP contribution in [-0.2, 0) is 11.3 Å². The molecular formula is C24H28N2O4. The van der Waals surface area contributed by atoms with Crippen molar-refractivity contribution in [2.75, 3.05) is 13.1 Å². The molecule has 1 amide bonds. The zero-order chi connectivity index (χ0) is 21.6. The summed E-state index contributed by atoms with van der Waals surface area (Å²) >= 11 is 0. The molecule has 0 spiro atoms. The molecular weight excluding hydrogens is 380 g/mol. The Balaban J connectivity index is 1.58. The van der Waals surface area contributed by atoms with E-state index >= 15 is 0 Å². The molecule has 6 nitrogen and oxygen atoms in total. The summed E-state index contributed by atoms with van der Waals surface area (Å²) < 4.78 is 17.4. The summed E-state index contributed by atoms with van der Waals surface area (Å²) in [5.41, 5.74) is 1.03. The zero-order valence-corrected chi connectivity index (χ0v) is 17.8. The van der Waals surface area contributed by atoms with Crippen molar-refractivity contribution in [1.29, 1.82) is 5.26 Å². The number of hydrogen-bond acceptors (Lipinski definition) is 5. The van der Waals surface area contributed by atoms with E-state index in [4.69, 9.17) is 14.2 Å². The van der Waals surface area contributed by atoms with Gasteiger partial charge < -0.3 is 19.1 Å². The fourth-order valence-electron chi connectivity index (χ4n) is 3.19. The summed E-state index contributed by atoms with van der Waals surface area (Å²) in [5, 5.41) is 9.43. The number of likely N-dealkylation sites (tertiary alicyclic amines) is 1. The van der Waals surface area contributed by atoms with E-state index in [1.165, 1.54) is 0 Å². The lowest BCUT2D eigenvalue weighted by molar-refractivity contribution is 0.0126. The molecule has 6 heteroatoms. The fraction of sp³-hybridized carbons (Fsp3) is 0.417. The lowest BCUT2D eigenvalue weighted by Gasteiger charge is -2.33. The third-order valence-electron chi connectivity index (χ3n) is 4.71. The van der Waals surface area contributed by atoms with Crippen LogP contribution < -0.4 is 9.47 Å². The van der Waals surface area contributed by atoms with Gasteiger partial charge in [-0.1, -0.05) is 30.3 Å². The zero-order valence-electron chi connectivity index (χ0n) is 17.8. The molecule has 0 bridgehead atoms. The molecule has 1 aliphatic rings. The van der Waals surface area contributed by atoms with E-state index in [0.29, 0.717) is 49.6 Å². The molecule has 0 N–H and O–H groups in total. The first kappa shape index (κ1) is 21.5. The van der Waals surface area contributed by atoms with Crippen molar-refractivity contribution in [3.63, 3.8) is 0 Å². The van der Waals surface area contributed by atoms with Crippen molar-refractivity contribution < 1.29 is 19.0 Å². The second kappa shape index (κ2) is 9.53. The Hall–Kier alpha value is -3.20. The van der Waals surface area contributed by atoms with E-state index in [2.05, 4.69) is 6.07 Å². The molecule has 0 aliphatic carbocycles. The maximum atomic E-state index is 12.2. The molecule has 1 saturated heterocycles. The number of piperidine rings is 1. The molecule has 0 atom stereocenters. The Morgan fingerprint density at radius 2 is 1.83 bits per heavy atom. The quantitative estimate of drug-likeness (QED) is 0.702. The van der Waals surface area contributed by atoms with Gasteiger partial charge in [0.05, 0.1) is 5.56 Å². The molecule has 1 fully saturated rings. The first-order valence-corrected chi connectivity index (χ1v) is 10.2. The molecule has 3 rings (SSSR count). The SMILES string of the molecule is CC(C)(C)OC(=O)N1CCC(Oc2cc(OCc3ccccc3)ccc2C#N)CC1. The Labute approximate surface area is 178 Å². The predicted octanol–water partition coefficient (Wildman–Crippen LogP) is 4.92. The molecule has 158 valence electrons. The standard InChI is InChI=1S/C24H28N2O4/c1-24(2,3)30-23(27)26-13-11-20(12-14-26)29-22-15-21(10-9-19(22)16-25)28-17-18-7-5-4-6-8-18/h4-10,15,20H,11-14,17H2,1-3H3. The van der Waals surface area contributed by atoms with Gasteiger partial charge in [-0.05, 0) is 38.5 Å². The number of carbonyl (C=O) groups excluding carboxylic acids is 1. The largest absolute Gasteiger partial charge is 0.489 e. The van der Waals surface area contributed by atoms with Gasteiger partial charge in [0, 0.05) is 32.0 Å². The van der Waals surface area contributed by atoms with Crippen LogP contribution in [0, 0.1) is 11.3 Å². The van der Waals surface area contributed by atoms with Crippen molar-refractivity contribution in [3.05, 3.63) is 59.7 Å². The number of rotatable bonds is 5. The second-order valence-electron chi connectivity index (χ2n) is 8.33. The number of hydrogen-bond donors (Lipinski definition) is 0. The van der Waals surface area contributed by atoms with E-state index in [9.17, 15) is 10.1 Å². The Bertz CT molecular complexity index is 892. The monoisotopic (exact) mass is 408 g/mol. The number of nitrogens with zero attached hydrogens (tertiary/aromatic N) is 2. The number of amides is 1. The van der Waals surface area contributed by atoms with Gasteiger partial charge in [-0.15, -0.1) is 0 Å². The van der Waals surface area contributed by atoms with Crippen LogP contribution in [-0.4, -0.2) is 35.8 Å². The fourth-order valence-corrected chi connectivity index (χ4v) is 3.19. The molecule has 30 heavy (non-hydrogen) atoms. The molecule has 0 aromatic heterocycles. The summed E-state index contributed by atoms with van der Waals surface area (Å²) in [4.78, 5) is 13.9. The minimum absolute atomic E-state index is 0.0693. The van der Waals surface area contributed by atoms with Crippen LogP contribution in [0.3, 0.4) is 0 Å². The van der Waals surface area contributed by atoms with Gasteiger partial charge in [-0.2, -0.15) is 5.26 Å². The van der Waals surface area contributed by atoms with Crippen LogP contribution in [0.2, 0.25) is 0 Å². The average Bonchev–Trinajstić information content (AvgIpc) is 2.72. The van der Waals surface area contributed by atoms with Crippen molar-refractivity contribution in [1.82, 2.24) is 4.90 Å². The van der Waals surface area contributed by atoms with Crippen LogP contribution in [0.15, 0.2) is 48.5 Å². The summed E-state index contributed by atoms with van der Waals surface area (Å²) in [6, 6.07) is 17.3. The van der Waals surface area contributed by atoms with Gasteiger partial charge >= 0.3 is 6.09 Å². The van der Waals surface area contributed by atoms with Gasteiger partial charge in [-0.3, -0.25) is 0 Å². The van der Waals surface area contributed by atoms with E-state index in [0.717, 1.165) is 5.56 Å². The highest BCUT2D eigenvalue weighted by Crippen LogP contribution is 2.28. The molecule has 2 aromatic carbocycles. The van der Waals surface area contributed by atoms with Gasteiger partial charge in [0.15, 0.2) is 0 Å². The highest BCUT2D eigenvalue weighted by atomic mass is 16.6. The maximum absolute atomic E-state index is 12.2. The van der Waals surface area contributed by atoms with E-state index in [1.54, 1.807) is 23.1 Å². The number of benzene rings is 2. The second-order valence-corrected chi connectivity index (χ2v) is 8.33. The highest BCUT2D eigenvalue weighted by Gasteiger charge is 2.28. The number of ether oxygens (including phenoxy) is 3. The summed E-state index contributed by atoms with van der Waals surface area (Å²) in [5.74, 6) is 1.16. The van der Waals surface area contributed by atoms with Crippen LogP contribution in [0.25, 0.3) is 0 Å². The van der Waals surface area contributed by atoms with Crippen molar-refractivity contribution in [3.8, 4) is 17.6 Å². The first-order valence-electron chi connectivity index (χ1n) is 10.2. The maximum Gasteiger partial charge on any atom is 0.410 e. The third-order valence-corrected chi connectivity index (χ3v) is 4.71. The van der Waals surface area contributed by atoms with Crippen molar-refractivity contribution in [2.45, 2.75) is 51.9 Å². The lowest BCUT2D eigenvalue weighted by Crippen LogP contribution is -2.44. The molecule has 0 saturated carbocycles. The smallest absolute Gasteiger partial charge is 0.410 e. The van der Waals surface area contributed by atoms with Crippen LogP contribution in [0.4, 0.5) is 4.79 Å². The summed E-state index contributed by atoms with van der Waals surface area (Å²) in [6.07, 6.45) is 0.994. The van der Waals surface area contributed by atoms with Gasteiger partial charge in [0.1, 0.15) is 35.9 Å². The van der Waals surface area contributed by atoms with Gasteiger partial charge in [0.2, 0.25) is 0 Å². The molecule has 1 heterocycles. The lowest BCUT2D eigenvalue weighted by atomic mass is 10.1. The van der Waals surface area contributed by atoms with E-state index in [-0.39, 0.29) is 12.2 Å². The molecule has 1 aliphatic heterocycles. The summed E-state index contributed by atoms with van der Waals surface area (Å²) in [7, 11) is 0. The predicted molar refractivity (Wildman–Crippen MR) is 113 cm³/mol. The van der Waals surface area contributed by atoms with E-state index in [1.807, 2.05) is 51.1 Å². The Morgan fingerprint density at radius 3 is 2.47 bits per heavy atom. The Kier molecular flexibility index (Phi) is 6.83. The van der Waals surface area contributed by atoms with Gasteiger partial charge in [-0.25, -0.2) is 4.79 Å². The Morgan fingerprint density at radius 1 is 1.13 bits per heavy atom. The van der Waals surface area contributed by atoms with Crippen LogP contribution in [0.1, 0.15) is 44.7 Å².